The molecule has 0 bridgehead atoms. The van der Waals surface area contributed by atoms with E-state index in [1.54, 1.807) is 0 Å². The maximum Gasteiger partial charge on any atom is 0.433 e. The molecule has 0 unspecified atom stereocenters. The highest BCUT2D eigenvalue weighted by atomic mass is 79.9. The third-order valence-corrected chi connectivity index (χ3v) is 8.41. The molecule has 3 fully saturated rings. The number of alkyl halides is 3. The Morgan fingerprint density at radius 1 is 1.11 bits per heavy atom. The molecule has 196 valence electrons. The second-order valence-electron chi connectivity index (χ2n) is 10.5. The molecule has 10 heteroatoms. The number of amides is 1. The number of hydrogen-bond acceptors (Lipinski definition) is 5. The van der Waals surface area contributed by atoms with Gasteiger partial charge in [0.25, 0.3) is 5.91 Å². The molecule has 0 atom stereocenters. The summed E-state index contributed by atoms with van der Waals surface area (Å²) in [6.45, 7) is 1.83. The first kappa shape index (κ1) is 24.9. The lowest BCUT2D eigenvalue weighted by Gasteiger charge is -2.37. The lowest BCUT2D eigenvalue weighted by Crippen LogP contribution is -2.49. The third kappa shape index (κ3) is 4.90. The van der Waals surface area contributed by atoms with Crippen molar-refractivity contribution in [3.05, 3.63) is 57.3 Å². The Balaban J connectivity index is 1.24. The van der Waals surface area contributed by atoms with Gasteiger partial charge in [-0.1, -0.05) is 28.4 Å². The van der Waals surface area contributed by atoms with Crippen molar-refractivity contribution in [3.8, 4) is 0 Å². The van der Waals surface area contributed by atoms with Gasteiger partial charge in [-0.2, -0.15) is 13.2 Å². The predicted molar refractivity (Wildman–Crippen MR) is 137 cm³/mol. The van der Waals surface area contributed by atoms with Gasteiger partial charge in [-0.3, -0.25) is 9.79 Å². The number of nitrogens with zero attached hydrogens (tertiary/aromatic N) is 3. The van der Waals surface area contributed by atoms with E-state index in [0.29, 0.717) is 55.7 Å². The lowest BCUT2D eigenvalue weighted by atomic mass is 9.80. The van der Waals surface area contributed by atoms with E-state index in [4.69, 9.17) is 9.73 Å². The maximum absolute atomic E-state index is 13.4. The van der Waals surface area contributed by atoms with Crippen LogP contribution in [0.1, 0.15) is 73.4 Å². The first-order chi connectivity index (χ1) is 17.7. The second kappa shape index (κ2) is 9.38. The van der Waals surface area contributed by atoms with Crippen LogP contribution in [0.15, 0.2) is 39.8 Å². The Hall–Kier alpha value is -2.46. The standard InChI is InChI=1S/C27H28BrF3N4O2/c28-18-5-4-17(15-37-19-6-7-19)21(14-18)35-12-10-26(11-13-35)25(36)33-24(34-26)20-8-9-22(27(29,30)31)32-23(20)16-2-1-3-16/h4-5,8-9,14,16,19H,1-3,6-7,10-13,15H2,(H,33,34,36). The summed E-state index contributed by atoms with van der Waals surface area (Å²) >= 11 is 3.57. The average molecular weight is 577 g/mol. The molecule has 6 rings (SSSR count). The van der Waals surface area contributed by atoms with E-state index >= 15 is 0 Å². The summed E-state index contributed by atoms with van der Waals surface area (Å²) in [5, 5.41) is 2.89. The number of pyridine rings is 1. The highest BCUT2D eigenvalue weighted by Gasteiger charge is 2.47. The van der Waals surface area contributed by atoms with Crippen LogP contribution in [0.25, 0.3) is 0 Å². The quantitative estimate of drug-likeness (QED) is 0.477. The average Bonchev–Trinajstić information content (AvgIpc) is 3.61. The van der Waals surface area contributed by atoms with Crippen molar-refractivity contribution in [3.63, 3.8) is 0 Å². The number of halogens is 4. The molecule has 1 amide bonds. The van der Waals surface area contributed by atoms with Crippen LogP contribution in [0, 0.1) is 0 Å². The second-order valence-corrected chi connectivity index (χ2v) is 11.4. The van der Waals surface area contributed by atoms with Crippen molar-refractivity contribution < 1.29 is 22.7 Å². The van der Waals surface area contributed by atoms with E-state index in [9.17, 15) is 18.0 Å². The lowest BCUT2D eigenvalue weighted by molar-refractivity contribution is -0.141. The van der Waals surface area contributed by atoms with E-state index in [1.165, 1.54) is 6.07 Å². The summed E-state index contributed by atoms with van der Waals surface area (Å²) in [5.74, 6) is 0.124. The van der Waals surface area contributed by atoms with Crippen LogP contribution in [0.4, 0.5) is 18.9 Å². The van der Waals surface area contributed by atoms with E-state index in [0.717, 1.165) is 53.9 Å². The van der Waals surface area contributed by atoms with Gasteiger partial charge in [-0.25, -0.2) is 4.98 Å². The number of anilines is 1. The van der Waals surface area contributed by atoms with Crippen molar-refractivity contribution in [1.82, 2.24) is 10.3 Å². The number of carbonyl (C=O) groups excluding carboxylic acids is 1. The smallest absolute Gasteiger partial charge is 0.373 e. The van der Waals surface area contributed by atoms with E-state index in [1.807, 2.05) is 6.07 Å². The van der Waals surface area contributed by atoms with Gasteiger partial charge in [0, 0.05) is 40.3 Å². The van der Waals surface area contributed by atoms with Crippen LogP contribution in [-0.4, -0.2) is 41.5 Å². The predicted octanol–water partition coefficient (Wildman–Crippen LogP) is 5.73. The summed E-state index contributed by atoms with van der Waals surface area (Å²) in [6.07, 6.45) is 1.67. The first-order valence-corrected chi connectivity index (χ1v) is 13.7. The Morgan fingerprint density at radius 3 is 2.51 bits per heavy atom. The van der Waals surface area contributed by atoms with Gasteiger partial charge in [0.05, 0.1) is 18.4 Å². The minimum Gasteiger partial charge on any atom is -0.373 e. The molecule has 2 aromatic rings. The Kier molecular flexibility index (Phi) is 6.30. The molecule has 1 N–H and O–H groups in total. The molecule has 37 heavy (non-hydrogen) atoms. The fraction of sp³-hybridized carbons (Fsp3) is 0.519. The van der Waals surface area contributed by atoms with Crippen LogP contribution in [-0.2, 0) is 22.3 Å². The van der Waals surface area contributed by atoms with Gasteiger partial charge in [0.2, 0.25) is 0 Å². The third-order valence-electron chi connectivity index (χ3n) is 7.92. The maximum atomic E-state index is 13.4. The highest BCUT2D eigenvalue weighted by Crippen LogP contribution is 2.41. The monoisotopic (exact) mass is 576 g/mol. The van der Waals surface area contributed by atoms with E-state index in [2.05, 4.69) is 43.3 Å². The zero-order chi connectivity index (χ0) is 25.8. The van der Waals surface area contributed by atoms with Crippen molar-refractivity contribution in [2.45, 2.75) is 75.3 Å². The van der Waals surface area contributed by atoms with Gasteiger partial charge in [-0.15, -0.1) is 0 Å². The van der Waals surface area contributed by atoms with Crippen molar-refractivity contribution >= 4 is 33.4 Å². The van der Waals surface area contributed by atoms with Gasteiger partial charge < -0.3 is 15.0 Å². The number of benzene rings is 1. The van der Waals surface area contributed by atoms with E-state index < -0.39 is 17.4 Å². The van der Waals surface area contributed by atoms with Crippen LogP contribution in [0.5, 0.6) is 0 Å². The number of aromatic nitrogens is 1. The van der Waals surface area contributed by atoms with Gasteiger partial charge in [0.1, 0.15) is 17.1 Å². The van der Waals surface area contributed by atoms with Crippen LogP contribution in [0.2, 0.25) is 0 Å². The molecule has 1 aromatic carbocycles. The summed E-state index contributed by atoms with van der Waals surface area (Å²) in [5.41, 5.74) is 1.29. The largest absolute Gasteiger partial charge is 0.433 e. The summed E-state index contributed by atoms with van der Waals surface area (Å²) < 4.78 is 47.0. The molecular weight excluding hydrogens is 549 g/mol. The first-order valence-electron chi connectivity index (χ1n) is 12.9. The molecular formula is C27H28BrF3N4O2. The van der Waals surface area contributed by atoms with Crippen LogP contribution < -0.4 is 10.2 Å². The number of rotatable bonds is 6. The zero-order valence-corrected chi connectivity index (χ0v) is 21.9. The zero-order valence-electron chi connectivity index (χ0n) is 20.3. The van der Waals surface area contributed by atoms with Gasteiger partial charge in [0.15, 0.2) is 0 Å². The molecule has 3 heterocycles. The molecule has 1 spiro atoms. The summed E-state index contributed by atoms with van der Waals surface area (Å²) in [7, 11) is 0. The van der Waals surface area contributed by atoms with Crippen LogP contribution >= 0.6 is 15.9 Å². The molecule has 1 aromatic heterocycles. The van der Waals surface area contributed by atoms with E-state index in [-0.39, 0.29) is 11.8 Å². The van der Waals surface area contributed by atoms with Gasteiger partial charge in [-0.05, 0) is 62.8 Å². The molecule has 2 aliphatic carbocycles. The van der Waals surface area contributed by atoms with Crippen molar-refractivity contribution in [2.24, 2.45) is 4.99 Å². The summed E-state index contributed by atoms with van der Waals surface area (Å²) in [4.78, 5) is 24.3. The molecule has 0 radical (unpaired) electrons. The minimum atomic E-state index is -4.51. The van der Waals surface area contributed by atoms with Crippen molar-refractivity contribution in [2.75, 3.05) is 18.0 Å². The molecule has 2 saturated carbocycles. The Bertz CT molecular complexity index is 1250. The number of amidine groups is 1. The van der Waals surface area contributed by atoms with Crippen molar-refractivity contribution in [1.29, 1.82) is 0 Å². The molecule has 2 aliphatic heterocycles. The fourth-order valence-corrected chi connectivity index (χ4v) is 5.67. The number of nitrogens with one attached hydrogen (secondary N) is 1. The Morgan fingerprint density at radius 2 is 1.86 bits per heavy atom. The normalized spacial score (nSPS) is 21.7. The number of hydrogen-bond donors (Lipinski definition) is 1. The number of aliphatic imine (C=N–C) groups is 1. The van der Waals surface area contributed by atoms with Gasteiger partial charge >= 0.3 is 6.18 Å². The SMILES string of the molecule is O=C1NC(c2ccc(C(F)(F)F)nc2C2CCC2)=NC12CCN(c1cc(Br)ccc1COC1CC1)CC2. The highest BCUT2D eigenvalue weighted by molar-refractivity contribution is 9.10. The molecule has 6 nitrogen and oxygen atoms in total. The minimum absolute atomic E-state index is 0.0388. The number of carbonyl (C=O) groups is 1. The topological polar surface area (TPSA) is 66.8 Å². The molecule has 1 saturated heterocycles. The number of ether oxygens (including phenoxy) is 1. The number of piperidine rings is 1. The van der Waals surface area contributed by atoms with Crippen LogP contribution in [0.3, 0.4) is 0 Å². The fourth-order valence-electron chi connectivity index (χ4n) is 5.32. The molecule has 4 aliphatic rings. The Labute approximate surface area is 221 Å². The summed E-state index contributed by atoms with van der Waals surface area (Å²) in [6, 6.07) is 8.58.